The van der Waals surface area contributed by atoms with Crippen molar-refractivity contribution in [1.82, 2.24) is 4.98 Å². The summed E-state index contributed by atoms with van der Waals surface area (Å²) in [7, 11) is 1.60. The summed E-state index contributed by atoms with van der Waals surface area (Å²) in [5, 5.41) is 0. The molecule has 4 heteroatoms. The number of ether oxygens (including phenoxy) is 1. The molecule has 0 amide bonds. The van der Waals surface area contributed by atoms with Gasteiger partial charge in [0.2, 0.25) is 5.88 Å². The van der Waals surface area contributed by atoms with Crippen LogP contribution in [-0.2, 0) is 0 Å². The third-order valence-corrected chi connectivity index (χ3v) is 3.16. The van der Waals surface area contributed by atoms with Crippen LogP contribution in [0.4, 0.5) is 5.69 Å². The zero-order valence-corrected chi connectivity index (χ0v) is 11.1. The number of pyridine rings is 1. The van der Waals surface area contributed by atoms with Crippen LogP contribution < -0.4 is 4.74 Å². The van der Waals surface area contributed by atoms with Gasteiger partial charge in [-0.25, -0.2) is 4.98 Å². The molecule has 1 heterocycles. The van der Waals surface area contributed by atoms with E-state index in [9.17, 15) is 0 Å². The Kier molecular flexibility index (Phi) is 4.36. The van der Waals surface area contributed by atoms with Crippen LogP contribution in [0.1, 0.15) is 5.69 Å². The minimum atomic E-state index is 0.595. The van der Waals surface area contributed by atoms with E-state index in [1.165, 1.54) is 0 Å². The fourth-order valence-corrected chi connectivity index (χ4v) is 2.03. The molecule has 0 spiro atoms. The van der Waals surface area contributed by atoms with E-state index >= 15 is 0 Å². The standard InChI is InChI=1S/C14H14N2OS/c1-17-14-9-5-6-11(16-14)10-15-12-7-3-4-8-13(12)18-2/h3-10H,1-2H3. The Morgan fingerprint density at radius 3 is 2.78 bits per heavy atom. The minimum absolute atomic E-state index is 0.595. The Balaban J connectivity index is 2.24. The van der Waals surface area contributed by atoms with Crippen LogP contribution in [0.3, 0.4) is 0 Å². The second-order valence-corrected chi connectivity index (χ2v) is 4.38. The molecule has 0 atom stereocenters. The van der Waals surface area contributed by atoms with Crippen LogP contribution >= 0.6 is 11.8 Å². The van der Waals surface area contributed by atoms with Gasteiger partial charge in [0.25, 0.3) is 0 Å². The zero-order chi connectivity index (χ0) is 12.8. The fourth-order valence-electron chi connectivity index (χ4n) is 1.49. The minimum Gasteiger partial charge on any atom is -0.481 e. The highest BCUT2D eigenvalue weighted by Gasteiger charge is 1.98. The van der Waals surface area contributed by atoms with E-state index < -0.39 is 0 Å². The predicted molar refractivity (Wildman–Crippen MR) is 76.3 cm³/mol. The lowest BCUT2D eigenvalue weighted by atomic mass is 10.3. The van der Waals surface area contributed by atoms with Crippen molar-refractivity contribution in [3.63, 3.8) is 0 Å². The first-order chi connectivity index (χ1) is 8.83. The number of para-hydroxylation sites is 1. The molecule has 0 bridgehead atoms. The monoisotopic (exact) mass is 258 g/mol. The lowest BCUT2D eigenvalue weighted by molar-refractivity contribution is 0.397. The van der Waals surface area contributed by atoms with Crippen LogP contribution in [0.15, 0.2) is 52.4 Å². The molecule has 1 aromatic heterocycles. The number of aromatic nitrogens is 1. The van der Waals surface area contributed by atoms with E-state index in [-0.39, 0.29) is 0 Å². The number of aliphatic imine (C=N–C) groups is 1. The predicted octanol–water partition coefficient (Wildman–Crippen LogP) is 3.56. The van der Waals surface area contributed by atoms with Gasteiger partial charge < -0.3 is 4.74 Å². The number of rotatable bonds is 4. The summed E-state index contributed by atoms with van der Waals surface area (Å²) in [5.41, 5.74) is 1.74. The third kappa shape index (κ3) is 3.11. The second kappa shape index (κ2) is 6.21. The highest BCUT2D eigenvalue weighted by Crippen LogP contribution is 2.27. The van der Waals surface area contributed by atoms with Crippen LogP contribution in [0, 0.1) is 0 Å². The van der Waals surface area contributed by atoms with E-state index in [2.05, 4.69) is 16.0 Å². The van der Waals surface area contributed by atoms with E-state index in [4.69, 9.17) is 4.74 Å². The lowest BCUT2D eigenvalue weighted by Crippen LogP contribution is -1.91. The molecule has 0 aliphatic rings. The summed E-state index contributed by atoms with van der Waals surface area (Å²) in [6, 6.07) is 13.6. The van der Waals surface area contributed by atoms with Gasteiger partial charge in [0.15, 0.2) is 0 Å². The van der Waals surface area contributed by atoms with Crippen LogP contribution in [-0.4, -0.2) is 24.6 Å². The van der Waals surface area contributed by atoms with Crippen LogP contribution in [0.25, 0.3) is 0 Å². The highest BCUT2D eigenvalue weighted by atomic mass is 32.2. The summed E-state index contributed by atoms with van der Waals surface area (Å²) in [6.07, 6.45) is 3.79. The van der Waals surface area contributed by atoms with Crippen molar-refractivity contribution in [1.29, 1.82) is 0 Å². The maximum Gasteiger partial charge on any atom is 0.213 e. The largest absolute Gasteiger partial charge is 0.481 e. The van der Waals surface area contributed by atoms with Crippen molar-refractivity contribution < 1.29 is 4.74 Å². The molecule has 0 N–H and O–H groups in total. The number of hydrogen-bond donors (Lipinski definition) is 0. The van der Waals surface area contributed by atoms with Gasteiger partial charge >= 0.3 is 0 Å². The third-order valence-electron chi connectivity index (χ3n) is 2.38. The summed E-state index contributed by atoms with van der Waals surface area (Å²) in [6.45, 7) is 0. The Morgan fingerprint density at radius 2 is 2.00 bits per heavy atom. The SMILES string of the molecule is COc1cccc(C=Nc2ccccc2SC)n1. The van der Waals surface area contributed by atoms with Gasteiger partial charge in [-0.2, -0.15) is 0 Å². The van der Waals surface area contributed by atoms with Crippen molar-refractivity contribution in [2.75, 3.05) is 13.4 Å². The molecule has 0 saturated carbocycles. The Morgan fingerprint density at radius 1 is 1.17 bits per heavy atom. The van der Waals surface area contributed by atoms with Gasteiger partial charge in [0.05, 0.1) is 24.7 Å². The summed E-state index contributed by atoms with van der Waals surface area (Å²) in [4.78, 5) is 9.89. The second-order valence-electron chi connectivity index (χ2n) is 3.53. The van der Waals surface area contributed by atoms with Gasteiger partial charge in [0, 0.05) is 11.0 Å². The highest BCUT2D eigenvalue weighted by molar-refractivity contribution is 7.98. The molecule has 0 unspecified atom stereocenters. The molecule has 18 heavy (non-hydrogen) atoms. The van der Waals surface area contributed by atoms with Crippen molar-refractivity contribution in [2.45, 2.75) is 4.90 Å². The number of nitrogens with zero attached hydrogens (tertiary/aromatic N) is 2. The molecule has 0 saturated heterocycles. The number of benzene rings is 1. The van der Waals surface area contributed by atoms with Gasteiger partial charge in [-0.15, -0.1) is 11.8 Å². The Bertz CT molecular complexity index is 555. The zero-order valence-electron chi connectivity index (χ0n) is 10.3. The van der Waals surface area contributed by atoms with Crippen molar-refractivity contribution >= 4 is 23.7 Å². The molecular formula is C14H14N2OS. The molecule has 0 fully saturated rings. The first-order valence-electron chi connectivity index (χ1n) is 5.51. The van der Waals surface area contributed by atoms with Gasteiger partial charge in [-0.3, -0.25) is 4.99 Å². The molecule has 2 aromatic rings. The average Bonchev–Trinajstić information content (AvgIpc) is 2.45. The molecule has 0 aliphatic carbocycles. The Hall–Kier alpha value is -1.81. The van der Waals surface area contributed by atoms with E-state index in [0.29, 0.717) is 5.88 Å². The molecule has 0 radical (unpaired) electrons. The molecular weight excluding hydrogens is 244 g/mol. The van der Waals surface area contributed by atoms with E-state index in [1.54, 1.807) is 25.1 Å². The lowest BCUT2D eigenvalue weighted by Gasteiger charge is -2.01. The summed E-state index contributed by atoms with van der Waals surface area (Å²) in [5.74, 6) is 0.595. The van der Waals surface area contributed by atoms with Crippen LogP contribution in [0.2, 0.25) is 0 Å². The molecule has 92 valence electrons. The number of thioether (sulfide) groups is 1. The Labute approximate surface area is 111 Å². The molecule has 2 rings (SSSR count). The normalized spacial score (nSPS) is 10.8. The van der Waals surface area contributed by atoms with Gasteiger partial charge in [-0.05, 0) is 24.5 Å². The van der Waals surface area contributed by atoms with E-state index in [1.807, 2.05) is 42.7 Å². The summed E-state index contributed by atoms with van der Waals surface area (Å²) < 4.78 is 5.07. The molecule has 0 aliphatic heterocycles. The first kappa shape index (κ1) is 12.6. The maximum atomic E-state index is 5.07. The van der Waals surface area contributed by atoms with Crippen molar-refractivity contribution in [2.24, 2.45) is 4.99 Å². The number of methoxy groups -OCH3 is 1. The summed E-state index contributed by atoms with van der Waals surface area (Å²) >= 11 is 1.68. The maximum absolute atomic E-state index is 5.07. The van der Waals surface area contributed by atoms with Gasteiger partial charge in [0.1, 0.15) is 0 Å². The fraction of sp³-hybridized carbons (Fsp3) is 0.143. The van der Waals surface area contributed by atoms with Crippen LogP contribution in [0.5, 0.6) is 5.88 Å². The average molecular weight is 258 g/mol. The van der Waals surface area contributed by atoms with Gasteiger partial charge in [-0.1, -0.05) is 18.2 Å². The molecule has 3 nitrogen and oxygen atoms in total. The quantitative estimate of drug-likeness (QED) is 0.621. The topological polar surface area (TPSA) is 34.5 Å². The number of hydrogen-bond acceptors (Lipinski definition) is 4. The first-order valence-corrected chi connectivity index (χ1v) is 6.74. The van der Waals surface area contributed by atoms with Crippen molar-refractivity contribution in [3.05, 3.63) is 48.2 Å². The van der Waals surface area contributed by atoms with E-state index in [0.717, 1.165) is 16.3 Å². The smallest absolute Gasteiger partial charge is 0.213 e. The molecule has 1 aromatic carbocycles. The van der Waals surface area contributed by atoms with Crippen molar-refractivity contribution in [3.8, 4) is 5.88 Å².